The zero-order valence-corrected chi connectivity index (χ0v) is 16.8. The van der Waals surface area contributed by atoms with E-state index in [1.807, 2.05) is 22.6 Å². The van der Waals surface area contributed by atoms with Gasteiger partial charge >= 0.3 is 5.69 Å². The van der Waals surface area contributed by atoms with Gasteiger partial charge in [0.1, 0.15) is 18.1 Å². The van der Waals surface area contributed by atoms with Crippen LogP contribution < -0.4 is 5.69 Å². The van der Waals surface area contributed by atoms with Crippen LogP contribution in [0.1, 0.15) is 42.9 Å². The third-order valence-corrected chi connectivity index (χ3v) is 4.70. The number of aromatic nitrogens is 3. The molecule has 0 bridgehead atoms. The molecule has 0 amide bonds. The van der Waals surface area contributed by atoms with Crippen molar-refractivity contribution in [1.82, 2.24) is 14.3 Å². The van der Waals surface area contributed by atoms with Crippen molar-refractivity contribution in [3.63, 3.8) is 0 Å². The highest BCUT2D eigenvalue weighted by molar-refractivity contribution is 14.1. The molecule has 0 aliphatic heterocycles. The van der Waals surface area contributed by atoms with Crippen LogP contribution in [0.25, 0.3) is 5.69 Å². The van der Waals surface area contributed by atoms with Crippen LogP contribution in [0.15, 0.2) is 16.9 Å². The molecule has 0 spiro atoms. The highest BCUT2D eigenvalue weighted by atomic mass is 127. The minimum absolute atomic E-state index is 0.0296. The Morgan fingerprint density at radius 2 is 2.12 bits per heavy atom. The molecule has 0 radical (unpaired) electrons. The van der Waals surface area contributed by atoms with Gasteiger partial charge in [0.05, 0.1) is 5.56 Å². The molecule has 6 nitrogen and oxygen atoms in total. The summed E-state index contributed by atoms with van der Waals surface area (Å²) in [6.45, 7) is 4.99. The van der Waals surface area contributed by atoms with E-state index >= 15 is 0 Å². The van der Waals surface area contributed by atoms with Crippen LogP contribution in [0, 0.1) is 9.39 Å². The SMILES string of the molecule is CCCCOCc1nn(-c2cc(I)c(C(=O)Cl)cc2F)c(=O)n1CC. The van der Waals surface area contributed by atoms with E-state index in [-0.39, 0.29) is 17.9 Å². The third kappa shape index (κ3) is 4.48. The second-order valence-corrected chi connectivity index (χ2v) is 6.82. The van der Waals surface area contributed by atoms with Gasteiger partial charge in [0.15, 0.2) is 5.82 Å². The molecule has 25 heavy (non-hydrogen) atoms. The molecular formula is C16H18ClFIN3O3. The van der Waals surface area contributed by atoms with Crippen molar-refractivity contribution < 1.29 is 13.9 Å². The van der Waals surface area contributed by atoms with Crippen molar-refractivity contribution in [2.75, 3.05) is 6.61 Å². The summed E-state index contributed by atoms with van der Waals surface area (Å²) < 4.78 is 22.8. The minimum atomic E-state index is -0.758. The predicted molar refractivity (Wildman–Crippen MR) is 101 cm³/mol. The zero-order chi connectivity index (χ0) is 18.6. The largest absolute Gasteiger partial charge is 0.373 e. The average molecular weight is 482 g/mol. The molecular weight excluding hydrogens is 464 g/mol. The van der Waals surface area contributed by atoms with E-state index in [0.717, 1.165) is 23.6 Å². The van der Waals surface area contributed by atoms with Crippen LogP contribution in [0.2, 0.25) is 0 Å². The summed E-state index contributed by atoms with van der Waals surface area (Å²) in [5.74, 6) is -0.318. The van der Waals surface area contributed by atoms with Gasteiger partial charge in [0, 0.05) is 16.7 Å². The quantitative estimate of drug-likeness (QED) is 0.329. The maximum Gasteiger partial charge on any atom is 0.350 e. The fourth-order valence-electron chi connectivity index (χ4n) is 2.28. The number of rotatable bonds is 8. The van der Waals surface area contributed by atoms with Crippen LogP contribution in [-0.4, -0.2) is 26.2 Å². The summed E-state index contributed by atoms with van der Waals surface area (Å²) in [6, 6.07) is 2.39. The summed E-state index contributed by atoms with van der Waals surface area (Å²) in [5.41, 5.74) is -0.441. The van der Waals surface area contributed by atoms with E-state index in [2.05, 4.69) is 12.0 Å². The monoisotopic (exact) mass is 481 g/mol. The lowest BCUT2D eigenvalue weighted by Gasteiger charge is -2.05. The maximum absolute atomic E-state index is 14.4. The van der Waals surface area contributed by atoms with Crippen molar-refractivity contribution in [3.8, 4) is 5.69 Å². The van der Waals surface area contributed by atoms with E-state index < -0.39 is 16.7 Å². The third-order valence-electron chi connectivity index (χ3n) is 3.61. The Labute approximate surface area is 163 Å². The van der Waals surface area contributed by atoms with Crippen molar-refractivity contribution >= 4 is 39.4 Å². The van der Waals surface area contributed by atoms with E-state index in [1.54, 1.807) is 6.92 Å². The molecule has 0 N–H and O–H groups in total. The number of carbonyl (C=O) groups excluding carboxylic acids is 1. The first-order valence-corrected chi connectivity index (χ1v) is 9.32. The standard InChI is InChI=1S/C16H18ClFIN3O3/c1-3-5-6-25-9-14-20-22(16(24)21(14)4-2)13-8-12(19)10(15(17)23)7-11(13)18/h7-8H,3-6,9H2,1-2H3. The highest BCUT2D eigenvalue weighted by Crippen LogP contribution is 2.21. The molecule has 0 aliphatic rings. The second kappa shape index (κ2) is 8.91. The molecule has 136 valence electrons. The normalized spacial score (nSPS) is 11.1. The number of benzene rings is 1. The van der Waals surface area contributed by atoms with Gasteiger partial charge in [-0.1, -0.05) is 13.3 Å². The smallest absolute Gasteiger partial charge is 0.350 e. The topological polar surface area (TPSA) is 66.1 Å². The first-order chi connectivity index (χ1) is 11.9. The van der Waals surface area contributed by atoms with Crippen molar-refractivity contribution in [3.05, 3.63) is 43.4 Å². The number of hydrogen-bond donors (Lipinski definition) is 0. The van der Waals surface area contributed by atoms with Gasteiger partial charge < -0.3 is 4.74 Å². The summed E-state index contributed by atoms with van der Waals surface area (Å²) in [5, 5.41) is 3.45. The molecule has 0 aliphatic carbocycles. The van der Waals surface area contributed by atoms with Crippen LogP contribution in [0.3, 0.4) is 0 Å². The fourth-order valence-corrected chi connectivity index (χ4v) is 3.29. The number of unbranched alkanes of at least 4 members (excludes halogenated alkanes) is 1. The number of halogens is 3. The molecule has 1 aromatic heterocycles. The molecule has 2 rings (SSSR count). The van der Waals surface area contributed by atoms with Crippen molar-refractivity contribution in [2.45, 2.75) is 39.8 Å². The lowest BCUT2D eigenvalue weighted by molar-refractivity contribution is 0.108. The molecule has 1 heterocycles. The summed E-state index contributed by atoms with van der Waals surface area (Å²) in [4.78, 5) is 23.8. The van der Waals surface area contributed by atoms with Gasteiger partial charge in [-0.3, -0.25) is 9.36 Å². The lowest BCUT2D eigenvalue weighted by Crippen LogP contribution is -2.24. The fraction of sp³-hybridized carbons (Fsp3) is 0.438. The van der Waals surface area contributed by atoms with E-state index in [9.17, 15) is 14.0 Å². The van der Waals surface area contributed by atoms with Crippen molar-refractivity contribution in [2.24, 2.45) is 0 Å². The molecule has 1 aromatic carbocycles. The Balaban J connectivity index is 2.43. The molecule has 9 heteroatoms. The van der Waals surface area contributed by atoms with Gasteiger partial charge in [-0.2, -0.15) is 4.68 Å². The van der Waals surface area contributed by atoms with Crippen LogP contribution >= 0.6 is 34.2 Å². The Kier molecular flexibility index (Phi) is 7.14. The Morgan fingerprint density at radius 3 is 2.72 bits per heavy atom. The first-order valence-electron chi connectivity index (χ1n) is 7.86. The minimum Gasteiger partial charge on any atom is -0.373 e. The number of hydrogen-bond acceptors (Lipinski definition) is 4. The zero-order valence-electron chi connectivity index (χ0n) is 13.9. The Morgan fingerprint density at radius 1 is 1.40 bits per heavy atom. The predicted octanol–water partition coefficient (Wildman–Crippen LogP) is 3.49. The van der Waals surface area contributed by atoms with Gasteiger partial charge in [0.2, 0.25) is 0 Å². The van der Waals surface area contributed by atoms with Crippen molar-refractivity contribution in [1.29, 1.82) is 0 Å². The molecule has 0 fully saturated rings. The van der Waals surface area contributed by atoms with Gasteiger partial charge in [-0.15, -0.1) is 5.10 Å². The average Bonchev–Trinajstić information content (AvgIpc) is 2.88. The highest BCUT2D eigenvalue weighted by Gasteiger charge is 2.19. The number of ether oxygens (including phenoxy) is 1. The van der Waals surface area contributed by atoms with Crippen LogP contribution in [0.4, 0.5) is 4.39 Å². The summed E-state index contributed by atoms with van der Waals surface area (Å²) >= 11 is 7.30. The molecule has 0 unspecified atom stereocenters. The Hall–Kier alpha value is -1.26. The van der Waals surface area contributed by atoms with E-state index in [0.29, 0.717) is 22.5 Å². The molecule has 0 atom stereocenters. The van der Waals surface area contributed by atoms with Gasteiger partial charge in [0.25, 0.3) is 5.24 Å². The number of nitrogens with zero attached hydrogens (tertiary/aromatic N) is 3. The maximum atomic E-state index is 14.4. The molecule has 0 saturated carbocycles. The lowest BCUT2D eigenvalue weighted by atomic mass is 10.2. The van der Waals surface area contributed by atoms with Gasteiger partial charge in [-0.25, -0.2) is 9.18 Å². The van der Waals surface area contributed by atoms with E-state index in [4.69, 9.17) is 16.3 Å². The second-order valence-electron chi connectivity index (χ2n) is 5.32. The molecule has 2 aromatic rings. The van der Waals surface area contributed by atoms with Crippen LogP contribution in [-0.2, 0) is 17.9 Å². The molecule has 0 saturated heterocycles. The summed E-state index contributed by atoms with van der Waals surface area (Å²) in [7, 11) is 0. The summed E-state index contributed by atoms with van der Waals surface area (Å²) in [6.07, 6.45) is 1.92. The van der Waals surface area contributed by atoms with E-state index in [1.165, 1.54) is 10.6 Å². The number of carbonyl (C=O) groups is 1. The Bertz CT molecular complexity index is 835. The first kappa shape index (κ1) is 20.1. The van der Waals surface area contributed by atoms with Crippen LogP contribution in [0.5, 0.6) is 0 Å². The van der Waals surface area contributed by atoms with Gasteiger partial charge in [-0.05, 0) is 59.7 Å².